The van der Waals surface area contributed by atoms with E-state index in [1.165, 1.54) is 28.4 Å². The van der Waals surface area contributed by atoms with E-state index in [4.69, 9.17) is 4.98 Å². The van der Waals surface area contributed by atoms with Crippen molar-refractivity contribution >= 4 is 32.2 Å². The number of benzene rings is 1. The Balaban J connectivity index is 1.37. The van der Waals surface area contributed by atoms with Gasteiger partial charge in [-0.1, -0.05) is 32.9 Å². The number of hydrogen-bond acceptors (Lipinski definition) is 7. The summed E-state index contributed by atoms with van der Waals surface area (Å²) in [6, 6.07) is 5.02. The van der Waals surface area contributed by atoms with Crippen molar-refractivity contribution in [2.75, 3.05) is 31.2 Å². The summed E-state index contributed by atoms with van der Waals surface area (Å²) >= 11 is 1.44. The Bertz CT molecular complexity index is 1250. The lowest BCUT2D eigenvalue weighted by atomic mass is 9.91. The molecule has 7 nitrogen and oxygen atoms in total. The SMILES string of the molecule is CCS(=O)(=O)c1ccc(CC(=O)Nc2nc3c(s2)CN(C[C@H]2CC[C@@H](C(F)(F)F)N(C)C2)[C@H]3C(C)C)cc1. The molecule has 1 saturated heterocycles. The van der Waals surface area contributed by atoms with Crippen LogP contribution in [0.2, 0.25) is 0 Å². The number of fused-ring (bicyclic) bond motifs is 1. The number of hydrogen-bond donors (Lipinski definition) is 1. The number of likely N-dealkylation sites (tertiary alicyclic amines) is 1. The van der Waals surface area contributed by atoms with Gasteiger partial charge in [-0.2, -0.15) is 13.2 Å². The molecule has 210 valence electrons. The van der Waals surface area contributed by atoms with Crippen molar-refractivity contribution in [2.24, 2.45) is 11.8 Å². The predicted octanol–water partition coefficient (Wildman–Crippen LogP) is 4.90. The molecule has 4 rings (SSSR count). The molecule has 2 aromatic rings. The minimum atomic E-state index is -4.19. The summed E-state index contributed by atoms with van der Waals surface area (Å²) in [5.41, 5.74) is 1.64. The normalized spacial score (nSPS) is 23.1. The lowest BCUT2D eigenvalue weighted by Crippen LogP contribution is -2.50. The number of amides is 1. The number of anilines is 1. The van der Waals surface area contributed by atoms with Crippen molar-refractivity contribution < 1.29 is 26.4 Å². The zero-order valence-electron chi connectivity index (χ0n) is 22.1. The lowest BCUT2D eigenvalue weighted by molar-refractivity contribution is -0.191. The van der Waals surface area contributed by atoms with Crippen molar-refractivity contribution in [1.29, 1.82) is 0 Å². The maximum atomic E-state index is 13.2. The van der Waals surface area contributed by atoms with Crippen molar-refractivity contribution in [3.05, 3.63) is 40.4 Å². The molecular formula is C26H35F3N4O3S2. The Hall–Kier alpha value is -2.02. The van der Waals surface area contributed by atoms with Crippen LogP contribution in [-0.4, -0.2) is 67.2 Å². The molecule has 2 aliphatic rings. The second-order valence-corrected chi connectivity index (χ2v) is 14.0. The lowest BCUT2D eigenvalue weighted by Gasteiger charge is -2.40. The summed E-state index contributed by atoms with van der Waals surface area (Å²) < 4.78 is 63.7. The summed E-state index contributed by atoms with van der Waals surface area (Å²) in [4.78, 5) is 22.5. The summed E-state index contributed by atoms with van der Waals surface area (Å²) in [5, 5.41) is 3.40. The highest BCUT2D eigenvalue weighted by molar-refractivity contribution is 7.91. The molecule has 0 unspecified atom stereocenters. The zero-order valence-corrected chi connectivity index (χ0v) is 23.7. The van der Waals surface area contributed by atoms with Gasteiger partial charge in [0.1, 0.15) is 6.04 Å². The molecule has 1 aromatic heterocycles. The molecule has 0 bridgehead atoms. The standard InChI is InChI=1S/C26H35F3N4O3S2/c1-5-38(35,36)19-9-6-17(7-10-19)12-22(34)30-25-31-23-20(37-25)15-33(24(23)16(2)3)14-18-8-11-21(26(27,28)29)32(4)13-18/h6-7,9-10,16,18,21,24H,5,8,11-15H2,1-4H3,(H,30,31,34)/t18-,21-,24-/m0/s1. The third-order valence-electron chi connectivity index (χ3n) is 7.45. The summed E-state index contributed by atoms with van der Waals surface area (Å²) in [7, 11) is -1.73. The van der Waals surface area contributed by atoms with Gasteiger partial charge < -0.3 is 5.32 Å². The van der Waals surface area contributed by atoms with Gasteiger partial charge in [0.05, 0.1) is 28.8 Å². The van der Waals surface area contributed by atoms with E-state index in [9.17, 15) is 26.4 Å². The topological polar surface area (TPSA) is 82.6 Å². The fourth-order valence-electron chi connectivity index (χ4n) is 5.60. The first-order chi connectivity index (χ1) is 17.8. The molecule has 1 fully saturated rings. The predicted molar refractivity (Wildman–Crippen MR) is 142 cm³/mol. The maximum Gasteiger partial charge on any atom is 0.404 e. The van der Waals surface area contributed by atoms with E-state index >= 15 is 0 Å². The Kier molecular flexibility index (Phi) is 8.56. The van der Waals surface area contributed by atoms with Crippen LogP contribution in [0.25, 0.3) is 0 Å². The van der Waals surface area contributed by atoms with Crippen LogP contribution in [0.3, 0.4) is 0 Å². The second kappa shape index (κ2) is 11.2. The quantitative estimate of drug-likeness (QED) is 0.485. The average molecular weight is 573 g/mol. The molecule has 1 N–H and O–H groups in total. The van der Waals surface area contributed by atoms with Gasteiger partial charge in [-0.25, -0.2) is 13.4 Å². The van der Waals surface area contributed by atoms with Gasteiger partial charge in [0.15, 0.2) is 15.0 Å². The first-order valence-electron chi connectivity index (χ1n) is 12.9. The van der Waals surface area contributed by atoms with E-state index in [1.807, 2.05) is 0 Å². The van der Waals surface area contributed by atoms with Gasteiger partial charge in [-0.15, -0.1) is 11.3 Å². The number of halogens is 3. The van der Waals surface area contributed by atoms with Gasteiger partial charge in [0.2, 0.25) is 5.91 Å². The maximum absolute atomic E-state index is 13.2. The second-order valence-electron chi connectivity index (χ2n) is 10.7. The molecule has 12 heteroatoms. The van der Waals surface area contributed by atoms with Gasteiger partial charge in [0.25, 0.3) is 0 Å². The number of alkyl halides is 3. The fourth-order valence-corrected chi connectivity index (χ4v) is 7.52. The van der Waals surface area contributed by atoms with Gasteiger partial charge in [-0.05, 0) is 49.4 Å². The molecule has 0 aliphatic carbocycles. The Morgan fingerprint density at radius 3 is 2.47 bits per heavy atom. The molecule has 3 atom stereocenters. The number of rotatable bonds is 8. The summed E-state index contributed by atoms with van der Waals surface area (Å²) in [6.45, 7) is 7.61. The molecule has 1 aromatic carbocycles. The molecule has 0 saturated carbocycles. The van der Waals surface area contributed by atoms with Crippen LogP contribution in [0.15, 0.2) is 29.2 Å². The molecule has 2 aliphatic heterocycles. The zero-order chi connectivity index (χ0) is 27.8. The number of sulfone groups is 1. The van der Waals surface area contributed by atoms with Crippen LogP contribution in [0.4, 0.5) is 18.3 Å². The Labute approximate surface area is 226 Å². The number of piperidine rings is 1. The third-order valence-corrected chi connectivity index (χ3v) is 10.2. The summed E-state index contributed by atoms with van der Waals surface area (Å²) in [5.74, 6) is 0.203. The number of aromatic nitrogens is 1. The van der Waals surface area contributed by atoms with Crippen molar-refractivity contribution in [2.45, 2.75) is 69.7 Å². The first-order valence-corrected chi connectivity index (χ1v) is 15.4. The van der Waals surface area contributed by atoms with Crippen LogP contribution in [-0.2, 0) is 27.6 Å². The number of nitrogens with zero attached hydrogens (tertiary/aromatic N) is 3. The van der Waals surface area contributed by atoms with Crippen LogP contribution >= 0.6 is 11.3 Å². The molecular weight excluding hydrogens is 537 g/mol. The Morgan fingerprint density at radius 2 is 1.89 bits per heavy atom. The number of carbonyl (C=O) groups excluding carboxylic acids is 1. The van der Waals surface area contributed by atoms with Crippen molar-refractivity contribution in [3.8, 4) is 0 Å². The largest absolute Gasteiger partial charge is 0.404 e. The van der Waals surface area contributed by atoms with Gasteiger partial charge in [0, 0.05) is 24.5 Å². The minimum absolute atomic E-state index is 0.0204. The highest BCUT2D eigenvalue weighted by atomic mass is 32.2. The summed E-state index contributed by atoms with van der Waals surface area (Å²) in [6.07, 6.45) is -3.42. The van der Waals surface area contributed by atoms with E-state index < -0.39 is 22.1 Å². The van der Waals surface area contributed by atoms with E-state index in [-0.39, 0.29) is 47.3 Å². The monoisotopic (exact) mass is 572 g/mol. The van der Waals surface area contributed by atoms with Gasteiger partial charge >= 0.3 is 6.18 Å². The number of nitrogens with one attached hydrogen (secondary N) is 1. The highest BCUT2D eigenvalue weighted by Gasteiger charge is 2.45. The average Bonchev–Trinajstić information content (AvgIpc) is 3.34. The number of thiazole rings is 1. The molecule has 1 amide bonds. The first kappa shape index (κ1) is 29.0. The van der Waals surface area contributed by atoms with Crippen LogP contribution in [0.1, 0.15) is 55.8 Å². The van der Waals surface area contributed by atoms with Crippen LogP contribution in [0, 0.1) is 11.8 Å². The minimum Gasteiger partial charge on any atom is -0.302 e. The third kappa shape index (κ3) is 6.40. The van der Waals surface area contributed by atoms with E-state index in [1.54, 1.807) is 26.1 Å². The molecule has 38 heavy (non-hydrogen) atoms. The fraction of sp³-hybridized carbons (Fsp3) is 0.615. The Morgan fingerprint density at radius 1 is 1.21 bits per heavy atom. The molecule has 0 spiro atoms. The number of carbonyl (C=O) groups is 1. The van der Waals surface area contributed by atoms with Crippen molar-refractivity contribution in [3.63, 3.8) is 0 Å². The van der Waals surface area contributed by atoms with Crippen molar-refractivity contribution in [1.82, 2.24) is 14.8 Å². The van der Waals surface area contributed by atoms with Crippen LogP contribution < -0.4 is 5.32 Å². The molecule has 0 radical (unpaired) electrons. The van der Waals surface area contributed by atoms with Gasteiger partial charge in [-0.3, -0.25) is 14.6 Å². The molecule has 3 heterocycles. The smallest absolute Gasteiger partial charge is 0.302 e. The van der Waals surface area contributed by atoms with E-state index in [2.05, 4.69) is 24.1 Å². The van der Waals surface area contributed by atoms with Crippen LogP contribution in [0.5, 0.6) is 0 Å². The van der Waals surface area contributed by atoms with E-state index in [0.29, 0.717) is 36.8 Å². The highest BCUT2D eigenvalue weighted by Crippen LogP contribution is 2.43. The van der Waals surface area contributed by atoms with E-state index in [0.717, 1.165) is 10.6 Å².